The Balaban J connectivity index is 1.05. The fraction of sp³-hybridized carbons (Fsp3) is 0.459. The average Bonchev–Trinajstić information content (AvgIpc) is 3.55. The Bertz CT molecular complexity index is 2050. The maximum absolute atomic E-state index is 13.9. The van der Waals surface area contributed by atoms with Gasteiger partial charge in [0.2, 0.25) is 0 Å². The van der Waals surface area contributed by atoms with Crippen LogP contribution in [0.5, 0.6) is 0 Å². The van der Waals surface area contributed by atoms with Crippen molar-refractivity contribution in [1.82, 2.24) is 24.0 Å². The molecule has 0 bridgehead atoms. The number of nitrogens with one attached hydrogen (secondary N) is 1. The lowest BCUT2D eigenvalue weighted by molar-refractivity contribution is -0.0691. The zero-order chi connectivity index (χ0) is 34.9. The highest BCUT2D eigenvalue weighted by Crippen LogP contribution is 2.40. The number of amides is 1. The van der Waals surface area contributed by atoms with Gasteiger partial charge in [-0.25, -0.2) is 9.97 Å². The maximum atomic E-state index is 13.9. The monoisotopic (exact) mass is 679 g/mol. The molecule has 4 aliphatic rings. The van der Waals surface area contributed by atoms with E-state index in [1.54, 1.807) is 30.4 Å². The molecule has 0 saturated carbocycles. The van der Waals surface area contributed by atoms with Gasteiger partial charge < -0.3 is 34.9 Å². The number of nitrogens with zero attached hydrogens (tertiary/aromatic N) is 7. The topological polar surface area (TPSA) is 147 Å². The number of hydrogen-bond acceptors (Lipinski definition) is 10. The zero-order valence-corrected chi connectivity index (χ0v) is 29.1. The second kappa shape index (κ2) is 12.3. The van der Waals surface area contributed by atoms with E-state index in [9.17, 15) is 14.7 Å². The lowest BCUT2D eigenvalue weighted by Gasteiger charge is -2.46. The summed E-state index contributed by atoms with van der Waals surface area (Å²) in [6.45, 7) is 11.9. The average molecular weight is 680 g/mol. The normalized spacial score (nSPS) is 20.5. The van der Waals surface area contributed by atoms with Gasteiger partial charge >= 0.3 is 0 Å². The van der Waals surface area contributed by atoms with Crippen molar-refractivity contribution in [1.29, 1.82) is 0 Å². The van der Waals surface area contributed by atoms with Crippen molar-refractivity contribution in [3.63, 3.8) is 0 Å². The van der Waals surface area contributed by atoms with Crippen LogP contribution in [-0.2, 0) is 37.8 Å². The zero-order valence-electron chi connectivity index (χ0n) is 29.1. The quantitative estimate of drug-likeness (QED) is 0.249. The predicted molar refractivity (Wildman–Crippen MR) is 193 cm³/mol. The van der Waals surface area contributed by atoms with E-state index in [1.807, 2.05) is 24.3 Å². The molecule has 1 atom stereocenters. The van der Waals surface area contributed by atoms with Crippen molar-refractivity contribution < 1.29 is 14.6 Å². The highest BCUT2D eigenvalue weighted by atomic mass is 16.5. The Kier molecular flexibility index (Phi) is 7.96. The minimum Gasteiger partial charge on any atom is -0.397 e. The van der Waals surface area contributed by atoms with Crippen LogP contribution in [0.1, 0.15) is 48.1 Å². The third-order valence-corrected chi connectivity index (χ3v) is 10.8. The molecule has 50 heavy (non-hydrogen) atoms. The first-order valence-corrected chi connectivity index (χ1v) is 17.5. The summed E-state index contributed by atoms with van der Waals surface area (Å²) < 4.78 is 9.01. The van der Waals surface area contributed by atoms with Crippen molar-refractivity contribution in [3.8, 4) is 11.3 Å². The van der Waals surface area contributed by atoms with Crippen molar-refractivity contribution in [3.05, 3.63) is 75.6 Å². The summed E-state index contributed by atoms with van der Waals surface area (Å²) in [5.41, 5.74) is 13.4. The molecule has 0 unspecified atom stereocenters. The molecular formula is C37H45N9O4. The molecule has 1 amide bonds. The number of hydrogen-bond donors (Lipinski definition) is 3. The van der Waals surface area contributed by atoms with E-state index in [0.29, 0.717) is 64.9 Å². The predicted octanol–water partition coefficient (Wildman–Crippen LogP) is 3.16. The number of aryl methyl sites for hydroxylation is 1. The fourth-order valence-corrected chi connectivity index (χ4v) is 8.18. The van der Waals surface area contributed by atoms with E-state index < -0.39 is 0 Å². The SMILES string of the molecule is C[C@H]1CN(C2COC2)CCN1c1ccc(Nc2nc(-c3ccnc(N4CCn5c(cc6c5CC(C)(C)C6)C4=O)c3CO)cn(C)c2=O)cc1N. The second-order valence-corrected chi connectivity index (χ2v) is 15.0. The second-order valence-electron chi connectivity index (χ2n) is 15.0. The molecular weight excluding hydrogens is 634 g/mol. The van der Waals surface area contributed by atoms with Crippen LogP contribution in [0.2, 0.25) is 0 Å². The molecule has 1 aliphatic carbocycles. The van der Waals surface area contributed by atoms with Gasteiger partial charge in [-0.15, -0.1) is 0 Å². The lowest BCUT2D eigenvalue weighted by Crippen LogP contribution is -2.59. The third-order valence-electron chi connectivity index (χ3n) is 10.8. The number of aliphatic hydroxyl groups excluding tert-OH is 1. The van der Waals surface area contributed by atoms with Crippen LogP contribution in [-0.4, -0.2) is 86.5 Å². The Morgan fingerprint density at radius 3 is 2.62 bits per heavy atom. The first-order chi connectivity index (χ1) is 24.0. The van der Waals surface area contributed by atoms with Crippen molar-refractivity contribution in [2.75, 3.05) is 60.2 Å². The lowest BCUT2D eigenvalue weighted by atomic mass is 9.90. The number of nitrogens with two attached hydrogens (primary N) is 1. The van der Waals surface area contributed by atoms with Gasteiger partial charge in [0.05, 0.1) is 42.9 Å². The number of ether oxygens (including phenoxy) is 1. The third kappa shape index (κ3) is 5.53. The van der Waals surface area contributed by atoms with Gasteiger partial charge in [0, 0.05) is 80.7 Å². The number of carbonyl (C=O) groups is 1. The number of carbonyl (C=O) groups excluding carboxylic acids is 1. The molecule has 3 aromatic heterocycles. The molecule has 8 rings (SSSR count). The number of anilines is 5. The number of benzene rings is 1. The highest BCUT2D eigenvalue weighted by Gasteiger charge is 2.38. The van der Waals surface area contributed by atoms with Gasteiger partial charge in [-0.1, -0.05) is 13.8 Å². The van der Waals surface area contributed by atoms with Gasteiger partial charge in [0.1, 0.15) is 11.5 Å². The summed E-state index contributed by atoms with van der Waals surface area (Å²) in [7, 11) is 1.66. The summed E-state index contributed by atoms with van der Waals surface area (Å²) >= 11 is 0. The van der Waals surface area contributed by atoms with Crippen LogP contribution in [0.4, 0.5) is 28.7 Å². The Labute approximate surface area is 291 Å². The molecule has 2 fully saturated rings. The van der Waals surface area contributed by atoms with E-state index in [4.69, 9.17) is 15.5 Å². The van der Waals surface area contributed by atoms with E-state index in [2.05, 4.69) is 45.4 Å². The molecule has 13 heteroatoms. The number of pyridine rings is 1. The Hall–Kier alpha value is -4.72. The molecule has 0 radical (unpaired) electrons. The molecule has 3 aliphatic heterocycles. The first kappa shape index (κ1) is 32.5. The van der Waals surface area contributed by atoms with Gasteiger partial charge in [-0.2, -0.15) is 0 Å². The number of fused-ring (bicyclic) bond motifs is 3. The molecule has 262 valence electrons. The Morgan fingerprint density at radius 2 is 1.90 bits per heavy atom. The van der Waals surface area contributed by atoms with E-state index in [-0.39, 0.29) is 29.3 Å². The number of nitrogen functional groups attached to an aromatic ring is 1. The van der Waals surface area contributed by atoms with Crippen molar-refractivity contribution in [2.45, 2.75) is 58.8 Å². The molecule has 4 N–H and O–H groups in total. The molecule has 13 nitrogen and oxygen atoms in total. The molecule has 1 aromatic carbocycles. The van der Waals surface area contributed by atoms with Crippen molar-refractivity contribution >= 4 is 34.6 Å². The fourth-order valence-electron chi connectivity index (χ4n) is 8.18. The number of rotatable bonds is 7. The molecule has 2 saturated heterocycles. The number of aliphatic hydroxyl groups is 1. The summed E-state index contributed by atoms with van der Waals surface area (Å²) in [5.74, 6) is 0.379. The van der Waals surface area contributed by atoms with E-state index in [0.717, 1.165) is 51.4 Å². The number of aromatic nitrogens is 4. The van der Waals surface area contributed by atoms with Gasteiger partial charge in [-0.3, -0.25) is 19.4 Å². The van der Waals surface area contributed by atoms with Gasteiger partial charge in [-0.05, 0) is 61.1 Å². The molecule has 0 spiro atoms. The van der Waals surface area contributed by atoms with Crippen molar-refractivity contribution in [2.24, 2.45) is 12.5 Å². The van der Waals surface area contributed by atoms with Crippen LogP contribution < -0.4 is 26.4 Å². The van der Waals surface area contributed by atoms with Crippen LogP contribution in [0, 0.1) is 5.41 Å². The summed E-state index contributed by atoms with van der Waals surface area (Å²) in [6, 6.07) is 10.3. The van der Waals surface area contributed by atoms with E-state index >= 15 is 0 Å². The van der Waals surface area contributed by atoms with E-state index in [1.165, 1.54) is 15.8 Å². The first-order valence-electron chi connectivity index (χ1n) is 17.5. The van der Waals surface area contributed by atoms with Crippen LogP contribution in [0.3, 0.4) is 0 Å². The van der Waals surface area contributed by atoms with Crippen LogP contribution >= 0.6 is 0 Å². The summed E-state index contributed by atoms with van der Waals surface area (Å²) in [4.78, 5) is 43.0. The molecule has 6 heterocycles. The smallest absolute Gasteiger partial charge is 0.293 e. The van der Waals surface area contributed by atoms with Gasteiger partial charge in [0.25, 0.3) is 11.5 Å². The van der Waals surface area contributed by atoms with Crippen LogP contribution in [0.15, 0.2) is 47.5 Å². The Morgan fingerprint density at radius 1 is 1.08 bits per heavy atom. The maximum Gasteiger partial charge on any atom is 0.293 e. The standard InChI is InChI=1S/C37H45N9O4/c1-22-17-43(25-20-50-21-25)9-10-44(22)30-6-5-24(14-28(30)38)40-33-36(49)42(4)18-29(41-33)26-7-8-39-34(27(26)19-47)46-12-11-45-31(35(46)48)13-23-15-37(2,3)16-32(23)45/h5-8,13-14,18,22,25,47H,9-12,15-17,19-21,38H2,1-4H3,(H,40,41)/t22-/m0/s1. The van der Waals surface area contributed by atoms with Crippen LogP contribution in [0.25, 0.3) is 11.3 Å². The summed E-state index contributed by atoms with van der Waals surface area (Å²) in [5, 5.41) is 13.9. The highest BCUT2D eigenvalue weighted by molar-refractivity contribution is 6.06. The van der Waals surface area contributed by atoms with Gasteiger partial charge in [0.15, 0.2) is 5.82 Å². The molecule has 4 aromatic rings. The number of piperazine rings is 1. The summed E-state index contributed by atoms with van der Waals surface area (Å²) in [6.07, 6.45) is 5.15. The minimum absolute atomic E-state index is 0.119. The minimum atomic E-state index is -0.361. The largest absolute Gasteiger partial charge is 0.397 e.